The van der Waals surface area contributed by atoms with E-state index in [1.165, 1.54) is 0 Å². The van der Waals surface area contributed by atoms with Gasteiger partial charge in [-0.05, 0) is 11.2 Å². The van der Waals surface area contributed by atoms with Gasteiger partial charge in [-0.1, -0.05) is 27.0 Å². The van der Waals surface area contributed by atoms with Crippen LogP contribution in [-0.2, 0) is 24.9 Å². The van der Waals surface area contributed by atoms with Gasteiger partial charge in [-0.15, -0.1) is 0 Å². The molecule has 1 aromatic rings. The van der Waals surface area contributed by atoms with Crippen LogP contribution in [0, 0.1) is 6.39 Å². The molecule has 0 aliphatic rings. The second kappa shape index (κ2) is 3.29. The van der Waals surface area contributed by atoms with Crippen molar-refractivity contribution in [2.45, 2.75) is 26.2 Å². The monoisotopic (exact) mass is 227 g/mol. The van der Waals surface area contributed by atoms with Crippen LogP contribution in [0.3, 0.4) is 0 Å². The van der Waals surface area contributed by atoms with Gasteiger partial charge in [0, 0.05) is 19.5 Å². The first kappa shape index (κ1) is 9.83. The van der Waals surface area contributed by atoms with Gasteiger partial charge in [0.05, 0.1) is 0 Å². The summed E-state index contributed by atoms with van der Waals surface area (Å²) in [6, 6.07) is 0. The molecule has 1 radical (unpaired) electrons. The maximum Gasteiger partial charge on any atom is 0.102 e. The molecule has 0 bridgehead atoms. The summed E-state index contributed by atoms with van der Waals surface area (Å²) < 4.78 is 4.96. The van der Waals surface area contributed by atoms with Crippen molar-refractivity contribution in [3.8, 4) is 0 Å². The van der Waals surface area contributed by atoms with E-state index in [4.69, 9.17) is 4.42 Å². The van der Waals surface area contributed by atoms with Gasteiger partial charge in [0.25, 0.3) is 0 Å². The molecule has 0 aliphatic heterocycles. The van der Waals surface area contributed by atoms with E-state index in [1.807, 2.05) is 0 Å². The SMILES string of the molecule is CC(C)(C)c1cn[c-]o1.[Rh]. The fourth-order valence-corrected chi connectivity index (χ4v) is 0.534. The molecule has 0 amide bonds. The van der Waals surface area contributed by atoms with E-state index in [-0.39, 0.29) is 24.9 Å². The largest absolute Gasteiger partial charge is 0.578 e. The second-order valence-corrected chi connectivity index (χ2v) is 3.07. The summed E-state index contributed by atoms with van der Waals surface area (Å²) in [5.41, 5.74) is 0.0625. The smallest absolute Gasteiger partial charge is 0.102 e. The topological polar surface area (TPSA) is 26.0 Å². The Morgan fingerprint density at radius 1 is 1.50 bits per heavy atom. The van der Waals surface area contributed by atoms with E-state index < -0.39 is 0 Å². The van der Waals surface area contributed by atoms with Gasteiger partial charge >= 0.3 is 0 Å². The van der Waals surface area contributed by atoms with Crippen molar-refractivity contribution in [1.82, 2.24) is 4.98 Å². The molecule has 0 saturated heterocycles. The first-order valence-electron chi connectivity index (χ1n) is 2.93. The number of nitrogens with zero attached hydrogens (tertiary/aromatic N) is 1. The molecule has 1 rings (SSSR count). The van der Waals surface area contributed by atoms with E-state index in [0.29, 0.717) is 0 Å². The Labute approximate surface area is 73.8 Å². The fraction of sp³-hybridized carbons (Fsp3) is 0.571. The first-order valence-corrected chi connectivity index (χ1v) is 2.93. The molecule has 0 unspecified atom stereocenters. The van der Waals surface area contributed by atoms with Crippen molar-refractivity contribution in [1.29, 1.82) is 0 Å². The van der Waals surface area contributed by atoms with Crippen LogP contribution in [0.5, 0.6) is 0 Å². The van der Waals surface area contributed by atoms with Crippen LogP contribution in [0.2, 0.25) is 0 Å². The van der Waals surface area contributed by atoms with Gasteiger partial charge in [0.2, 0.25) is 0 Å². The molecule has 0 saturated carbocycles. The van der Waals surface area contributed by atoms with Gasteiger partial charge in [-0.2, -0.15) is 0 Å². The zero-order valence-corrected chi connectivity index (χ0v) is 7.90. The minimum absolute atomic E-state index is 0. The number of oxazole rings is 1. The Hall–Kier alpha value is -0.167. The molecule has 10 heavy (non-hydrogen) atoms. The molecule has 0 spiro atoms. The normalized spacial score (nSPS) is 10.7. The van der Waals surface area contributed by atoms with Crippen molar-refractivity contribution >= 4 is 0 Å². The van der Waals surface area contributed by atoms with E-state index in [2.05, 4.69) is 32.1 Å². The predicted molar refractivity (Wildman–Crippen MR) is 34.0 cm³/mol. The number of hydrogen-bond donors (Lipinski definition) is 0. The van der Waals surface area contributed by atoms with Crippen LogP contribution in [-0.4, -0.2) is 4.98 Å². The molecule has 1 aromatic heterocycles. The third kappa shape index (κ3) is 2.22. The number of aromatic nitrogens is 1. The average molecular weight is 227 g/mol. The Morgan fingerprint density at radius 3 is 2.30 bits per heavy atom. The zero-order chi connectivity index (χ0) is 6.91. The van der Waals surface area contributed by atoms with Gasteiger partial charge in [0.15, 0.2) is 0 Å². The molecule has 0 aliphatic carbocycles. The molecule has 0 atom stereocenters. The van der Waals surface area contributed by atoms with E-state index in [0.717, 1.165) is 5.76 Å². The average Bonchev–Trinajstić information content (AvgIpc) is 2.08. The van der Waals surface area contributed by atoms with E-state index in [1.54, 1.807) is 6.20 Å². The first-order chi connectivity index (χ1) is 4.11. The molecule has 2 nitrogen and oxygen atoms in total. The summed E-state index contributed by atoms with van der Waals surface area (Å²) in [5, 5.41) is 0. The van der Waals surface area contributed by atoms with Gasteiger partial charge in [0.1, 0.15) is 6.39 Å². The molecule has 3 heteroatoms. The van der Waals surface area contributed by atoms with Crippen molar-refractivity contribution in [2.24, 2.45) is 0 Å². The van der Waals surface area contributed by atoms with Crippen molar-refractivity contribution in [3.63, 3.8) is 0 Å². The van der Waals surface area contributed by atoms with Crippen LogP contribution in [0.15, 0.2) is 10.6 Å². The van der Waals surface area contributed by atoms with Crippen molar-refractivity contribution in [2.75, 3.05) is 0 Å². The Kier molecular flexibility index (Phi) is 3.24. The third-order valence-corrected chi connectivity index (χ3v) is 1.13. The Bertz CT molecular complexity index is 176. The van der Waals surface area contributed by atoms with Gasteiger partial charge < -0.3 is 9.40 Å². The summed E-state index contributed by atoms with van der Waals surface area (Å²) in [6.07, 6.45) is 4.11. The van der Waals surface area contributed by atoms with Crippen LogP contribution >= 0.6 is 0 Å². The summed E-state index contributed by atoms with van der Waals surface area (Å²) in [6.45, 7) is 6.21. The quantitative estimate of drug-likeness (QED) is 0.498. The third-order valence-electron chi connectivity index (χ3n) is 1.13. The van der Waals surface area contributed by atoms with Crippen LogP contribution in [0.4, 0.5) is 0 Å². The van der Waals surface area contributed by atoms with Crippen LogP contribution in [0.25, 0.3) is 0 Å². The van der Waals surface area contributed by atoms with Crippen molar-refractivity contribution in [3.05, 3.63) is 18.4 Å². The number of hydrogen-bond acceptors (Lipinski definition) is 2. The van der Waals surface area contributed by atoms with Gasteiger partial charge in [-0.3, -0.25) is 0 Å². The molecule has 0 aromatic carbocycles. The summed E-state index contributed by atoms with van der Waals surface area (Å²) in [5.74, 6) is 0.877. The Balaban J connectivity index is 0.000000810. The summed E-state index contributed by atoms with van der Waals surface area (Å²) >= 11 is 0. The van der Waals surface area contributed by atoms with Crippen molar-refractivity contribution < 1.29 is 23.9 Å². The molecular formula is C7H10NORh-. The summed E-state index contributed by atoms with van der Waals surface area (Å²) in [4.78, 5) is 3.70. The zero-order valence-electron chi connectivity index (χ0n) is 6.27. The minimum atomic E-state index is 0. The maximum absolute atomic E-state index is 4.96. The Morgan fingerprint density at radius 2 is 2.10 bits per heavy atom. The van der Waals surface area contributed by atoms with E-state index in [9.17, 15) is 0 Å². The molecule has 59 valence electrons. The van der Waals surface area contributed by atoms with E-state index >= 15 is 0 Å². The minimum Gasteiger partial charge on any atom is -0.578 e. The predicted octanol–water partition coefficient (Wildman–Crippen LogP) is 1.77. The second-order valence-electron chi connectivity index (χ2n) is 3.07. The number of rotatable bonds is 0. The van der Waals surface area contributed by atoms with Crippen LogP contribution in [0.1, 0.15) is 26.5 Å². The molecule has 0 N–H and O–H groups in total. The molecule has 1 heterocycles. The molecule has 0 fully saturated rings. The summed E-state index contributed by atoms with van der Waals surface area (Å²) in [7, 11) is 0. The van der Waals surface area contributed by atoms with Gasteiger partial charge in [-0.25, -0.2) is 0 Å². The van der Waals surface area contributed by atoms with Crippen LogP contribution < -0.4 is 0 Å². The molecular weight excluding hydrogens is 217 g/mol. The maximum atomic E-state index is 4.96. The standard InChI is InChI=1S/C7H10NO.Rh/c1-7(2,3)6-4-8-5-9-6;/h4H,1-3H3;/q-1;. The fourth-order valence-electron chi connectivity index (χ4n) is 0.534.